The second-order valence-electron chi connectivity index (χ2n) is 7.05. The highest BCUT2D eigenvalue weighted by molar-refractivity contribution is 7.13. The monoisotopic (exact) mass is 442 g/mol. The maximum Gasteiger partial charge on any atom is 0.273 e. The Hall–Kier alpha value is -4.11. The summed E-state index contributed by atoms with van der Waals surface area (Å²) in [5.74, 6) is 0.720. The van der Waals surface area contributed by atoms with E-state index in [1.165, 1.54) is 0 Å². The Morgan fingerprint density at radius 1 is 1.12 bits per heavy atom. The predicted octanol–water partition coefficient (Wildman–Crippen LogP) is 4.44. The minimum atomic E-state index is -0.238. The Morgan fingerprint density at radius 3 is 2.78 bits per heavy atom. The molecule has 0 fully saturated rings. The van der Waals surface area contributed by atoms with Gasteiger partial charge in [-0.15, -0.1) is 11.3 Å². The Kier molecular flexibility index (Phi) is 5.30. The lowest BCUT2D eigenvalue weighted by Crippen LogP contribution is -2.17. The maximum absolute atomic E-state index is 13.0. The third-order valence-corrected chi connectivity index (χ3v) is 5.79. The highest BCUT2D eigenvalue weighted by Crippen LogP contribution is 2.25. The molecule has 158 valence electrons. The van der Waals surface area contributed by atoms with Crippen LogP contribution in [-0.4, -0.2) is 30.8 Å². The van der Waals surface area contributed by atoms with Crippen molar-refractivity contribution in [2.45, 2.75) is 6.42 Å². The summed E-state index contributed by atoms with van der Waals surface area (Å²) in [6.45, 7) is 0. The fourth-order valence-electron chi connectivity index (χ4n) is 3.32. The Balaban J connectivity index is 1.35. The number of nitrogens with zero attached hydrogens (tertiary/aromatic N) is 5. The van der Waals surface area contributed by atoms with E-state index in [4.69, 9.17) is 4.52 Å². The fraction of sp³-hybridized carbons (Fsp3) is 0.0870. The van der Waals surface area contributed by atoms with E-state index in [1.54, 1.807) is 41.5 Å². The van der Waals surface area contributed by atoms with Crippen LogP contribution in [0, 0.1) is 0 Å². The number of thiophene rings is 1. The zero-order chi connectivity index (χ0) is 21.9. The molecule has 4 heterocycles. The summed E-state index contributed by atoms with van der Waals surface area (Å²) in [5, 5.41) is 13.5. The van der Waals surface area contributed by atoms with Crippen molar-refractivity contribution >= 4 is 22.9 Å². The molecule has 0 aliphatic heterocycles. The lowest BCUT2D eigenvalue weighted by Gasteiger charge is -2.09. The topological polar surface area (TPSA) is 98.7 Å². The minimum Gasteiger partial charge on any atom is -0.339 e. The smallest absolute Gasteiger partial charge is 0.273 e. The number of nitrogens with one attached hydrogen (secondary N) is 1. The first kappa shape index (κ1) is 19.8. The molecule has 0 spiro atoms. The van der Waals surface area contributed by atoms with Gasteiger partial charge in [-0.05, 0) is 41.3 Å². The Bertz CT molecular complexity index is 1360. The molecule has 0 saturated heterocycles. The van der Waals surface area contributed by atoms with Crippen LogP contribution in [0.1, 0.15) is 21.9 Å². The Labute approximate surface area is 187 Å². The lowest BCUT2D eigenvalue weighted by atomic mass is 10.1. The molecule has 0 radical (unpaired) electrons. The molecule has 5 aromatic rings. The number of para-hydroxylation sites is 1. The minimum absolute atomic E-state index is 0.238. The van der Waals surface area contributed by atoms with E-state index in [0.717, 1.165) is 21.7 Å². The number of aryl methyl sites for hydroxylation is 1. The van der Waals surface area contributed by atoms with Crippen LogP contribution in [0.15, 0.2) is 76.9 Å². The van der Waals surface area contributed by atoms with Gasteiger partial charge in [-0.3, -0.25) is 14.5 Å². The number of amides is 1. The van der Waals surface area contributed by atoms with Crippen molar-refractivity contribution in [2.24, 2.45) is 7.05 Å². The predicted molar refractivity (Wildman–Crippen MR) is 121 cm³/mol. The molecule has 0 saturated carbocycles. The average Bonchev–Trinajstić information content (AvgIpc) is 3.57. The molecule has 0 aliphatic rings. The van der Waals surface area contributed by atoms with E-state index in [9.17, 15) is 4.79 Å². The van der Waals surface area contributed by atoms with E-state index in [0.29, 0.717) is 29.5 Å². The van der Waals surface area contributed by atoms with Gasteiger partial charge in [-0.2, -0.15) is 10.1 Å². The highest BCUT2D eigenvalue weighted by atomic mass is 32.1. The van der Waals surface area contributed by atoms with Crippen LogP contribution in [0.5, 0.6) is 0 Å². The molecule has 5 rings (SSSR count). The van der Waals surface area contributed by atoms with Crippen LogP contribution >= 0.6 is 11.3 Å². The van der Waals surface area contributed by atoms with Gasteiger partial charge in [-0.25, -0.2) is 0 Å². The van der Waals surface area contributed by atoms with Crippen LogP contribution in [0.3, 0.4) is 0 Å². The number of hydrogen-bond donors (Lipinski definition) is 1. The van der Waals surface area contributed by atoms with Crippen LogP contribution < -0.4 is 5.32 Å². The number of rotatable bonds is 6. The largest absolute Gasteiger partial charge is 0.339 e. The van der Waals surface area contributed by atoms with Gasteiger partial charge in [0, 0.05) is 30.7 Å². The van der Waals surface area contributed by atoms with Crippen molar-refractivity contribution in [2.75, 3.05) is 5.32 Å². The number of hydrogen-bond acceptors (Lipinski definition) is 7. The molecule has 9 heteroatoms. The summed E-state index contributed by atoms with van der Waals surface area (Å²) < 4.78 is 7.01. The molecule has 0 bridgehead atoms. The quantitative estimate of drug-likeness (QED) is 0.417. The van der Waals surface area contributed by atoms with Crippen LogP contribution in [-0.2, 0) is 13.5 Å². The molecule has 0 aliphatic carbocycles. The molecule has 8 nitrogen and oxygen atoms in total. The summed E-state index contributed by atoms with van der Waals surface area (Å²) in [6.07, 6.45) is 3.75. The summed E-state index contributed by atoms with van der Waals surface area (Å²) in [6, 6.07) is 16.9. The van der Waals surface area contributed by atoms with E-state index < -0.39 is 0 Å². The van der Waals surface area contributed by atoms with E-state index in [2.05, 4.69) is 25.5 Å². The SMILES string of the molecule is Cn1nc(-c2cccs2)cc1C(=O)Nc1ccccc1Cc1nc(-c2ccncc2)no1. The van der Waals surface area contributed by atoms with Crippen molar-refractivity contribution in [3.05, 3.63) is 89.5 Å². The average molecular weight is 443 g/mol. The van der Waals surface area contributed by atoms with Crippen molar-refractivity contribution in [1.82, 2.24) is 24.9 Å². The van der Waals surface area contributed by atoms with Crippen LogP contribution in [0.2, 0.25) is 0 Å². The molecular weight excluding hydrogens is 424 g/mol. The second kappa shape index (κ2) is 8.56. The van der Waals surface area contributed by atoms with Crippen molar-refractivity contribution in [3.63, 3.8) is 0 Å². The first-order chi connectivity index (χ1) is 15.7. The molecular formula is C23H18N6O2S. The van der Waals surface area contributed by atoms with Gasteiger partial charge >= 0.3 is 0 Å². The van der Waals surface area contributed by atoms with Crippen LogP contribution in [0.4, 0.5) is 5.69 Å². The van der Waals surface area contributed by atoms with Gasteiger partial charge in [0.25, 0.3) is 5.91 Å². The number of carbonyl (C=O) groups excluding carboxylic acids is 1. The second-order valence-corrected chi connectivity index (χ2v) is 8.00. The standard InChI is InChI=1S/C23H18N6O2S/c1-29-19(14-18(27-29)20-7-4-12-32-20)23(30)25-17-6-3-2-5-16(17)13-21-26-22(28-31-21)15-8-10-24-11-9-15/h2-12,14H,13H2,1H3,(H,25,30). The van der Waals surface area contributed by atoms with Crippen molar-refractivity contribution in [1.29, 1.82) is 0 Å². The van der Waals surface area contributed by atoms with E-state index in [-0.39, 0.29) is 5.91 Å². The highest BCUT2D eigenvalue weighted by Gasteiger charge is 2.17. The van der Waals surface area contributed by atoms with Crippen molar-refractivity contribution in [3.8, 4) is 22.0 Å². The van der Waals surface area contributed by atoms with Gasteiger partial charge in [0.2, 0.25) is 11.7 Å². The number of carbonyl (C=O) groups is 1. The maximum atomic E-state index is 13.0. The fourth-order valence-corrected chi connectivity index (χ4v) is 4.00. The lowest BCUT2D eigenvalue weighted by molar-refractivity contribution is 0.101. The molecule has 4 aromatic heterocycles. The summed E-state index contributed by atoms with van der Waals surface area (Å²) >= 11 is 1.58. The van der Waals surface area contributed by atoms with E-state index in [1.807, 2.05) is 53.9 Å². The zero-order valence-electron chi connectivity index (χ0n) is 17.1. The Morgan fingerprint density at radius 2 is 1.97 bits per heavy atom. The molecule has 32 heavy (non-hydrogen) atoms. The molecule has 1 aromatic carbocycles. The third-order valence-electron chi connectivity index (χ3n) is 4.90. The van der Waals surface area contributed by atoms with E-state index >= 15 is 0 Å². The number of anilines is 1. The summed E-state index contributed by atoms with van der Waals surface area (Å²) in [5.41, 5.74) is 3.62. The first-order valence-electron chi connectivity index (χ1n) is 9.87. The van der Waals surface area contributed by atoms with Gasteiger partial charge in [-0.1, -0.05) is 29.4 Å². The summed E-state index contributed by atoms with van der Waals surface area (Å²) in [4.78, 5) is 22.5. The van der Waals surface area contributed by atoms with Gasteiger partial charge in [0.05, 0.1) is 11.3 Å². The van der Waals surface area contributed by atoms with Crippen molar-refractivity contribution < 1.29 is 9.32 Å². The molecule has 1 amide bonds. The molecule has 1 N–H and O–H groups in total. The summed E-state index contributed by atoms with van der Waals surface area (Å²) in [7, 11) is 1.76. The zero-order valence-corrected chi connectivity index (χ0v) is 17.9. The van der Waals surface area contributed by atoms with Crippen LogP contribution in [0.25, 0.3) is 22.0 Å². The first-order valence-corrected chi connectivity index (χ1v) is 10.8. The third kappa shape index (κ3) is 4.06. The number of benzene rings is 1. The van der Waals surface area contributed by atoms with Gasteiger partial charge < -0.3 is 9.84 Å². The normalized spacial score (nSPS) is 10.9. The van der Waals surface area contributed by atoms with Gasteiger partial charge in [0.15, 0.2) is 0 Å². The molecule has 0 unspecified atom stereocenters. The number of aromatic nitrogens is 5. The van der Waals surface area contributed by atoms with Gasteiger partial charge in [0.1, 0.15) is 11.4 Å². The molecule has 0 atom stereocenters. The number of pyridine rings is 1.